The molecule has 0 spiro atoms. The van der Waals surface area contributed by atoms with Crippen molar-refractivity contribution in [2.45, 2.75) is 11.3 Å². The monoisotopic (exact) mass is 518 g/mol. The Bertz CT molecular complexity index is 1480. The van der Waals surface area contributed by atoms with Gasteiger partial charge in [0.25, 0.3) is 10.0 Å². The minimum Gasteiger partial charge on any atom is -0.404 e. The summed E-state index contributed by atoms with van der Waals surface area (Å²) < 4.78 is 75.5. The fraction of sp³-hybridized carbons (Fsp3) is 0.208. The zero-order valence-corrected chi connectivity index (χ0v) is 19.6. The average Bonchev–Trinajstić information content (AvgIpc) is 3.29. The quantitative estimate of drug-likeness (QED) is 0.394. The molecule has 188 valence electrons. The number of fused-ring (bicyclic) bond motifs is 1. The normalized spacial score (nSPS) is 14.7. The first-order valence-corrected chi connectivity index (χ1v) is 12.4. The van der Waals surface area contributed by atoms with E-state index in [1.165, 1.54) is 36.7 Å². The Morgan fingerprint density at radius 2 is 1.72 bits per heavy atom. The van der Waals surface area contributed by atoms with Gasteiger partial charge >= 0.3 is 6.36 Å². The van der Waals surface area contributed by atoms with Crippen LogP contribution in [0.25, 0.3) is 10.9 Å². The molecular weight excluding hydrogens is 497 g/mol. The Hall–Kier alpha value is -3.77. The number of hydrogen-bond donors (Lipinski definition) is 1. The molecule has 0 unspecified atom stereocenters. The third kappa shape index (κ3) is 4.95. The summed E-state index contributed by atoms with van der Waals surface area (Å²) in [4.78, 5) is 5.94. The third-order valence-corrected chi connectivity index (χ3v) is 7.40. The maximum atomic E-state index is 13.3. The van der Waals surface area contributed by atoms with E-state index in [0.717, 1.165) is 40.6 Å². The Morgan fingerprint density at radius 1 is 1.00 bits per heavy atom. The van der Waals surface area contributed by atoms with Gasteiger partial charge in [-0.15, -0.1) is 13.2 Å². The lowest BCUT2D eigenvalue weighted by atomic mass is 10.2. The molecule has 5 rings (SSSR count). The van der Waals surface area contributed by atoms with E-state index >= 15 is 0 Å². The largest absolute Gasteiger partial charge is 0.573 e. The SMILES string of the molecule is O=S(=O)(c1ccccc1OC(F)(F)F)n1ccc2cnc(Nc3ccc(N4CCOCC4)cc3)cc21. The number of halogens is 3. The topological polar surface area (TPSA) is 85.7 Å². The second-order valence-electron chi connectivity index (χ2n) is 8.01. The van der Waals surface area contributed by atoms with Crippen LogP contribution < -0.4 is 15.0 Å². The highest BCUT2D eigenvalue weighted by molar-refractivity contribution is 7.90. The first-order chi connectivity index (χ1) is 17.2. The molecule has 1 N–H and O–H groups in total. The Balaban J connectivity index is 1.44. The van der Waals surface area contributed by atoms with Crippen LogP contribution in [0.15, 0.2) is 78.0 Å². The van der Waals surface area contributed by atoms with Crippen molar-refractivity contribution in [3.8, 4) is 5.75 Å². The lowest BCUT2D eigenvalue weighted by Crippen LogP contribution is -2.36. The number of morpholine rings is 1. The first-order valence-electron chi connectivity index (χ1n) is 11.0. The predicted molar refractivity (Wildman–Crippen MR) is 128 cm³/mol. The number of hydrogen-bond acceptors (Lipinski definition) is 7. The molecule has 0 aliphatic carbocycles. The number of benzene rings is 2. The van der Waals surface area contributed by atoms with Gasteiger partial charge in [0.2, 0.25) is 0 Å². The van der Waals surface area contributed by atoms with Crippen LogP contribution in [0, 0.1) is 0 Å². The molecule has 0 bridgehead atoms. The Kier molecular flexibility index (Phi) is 6.22. The second-order valence-corrected chi connectivity index (χ2v) is 9.79. The van der Waals surface area contributed by atoms with Crippen LogP contribution in [0.5, 0.6) is 5.75 Å². The summed E-state index contributed by atoms with van der Waals surface area (Å²) in [6.07, 6.45) is -2.28. The molecule has 36 heavy (non-hydrogen) atoms. The number of ether oxygens (including phenoxy) is 2. The van der Waals surface area contributed by atoms with Gasteiger partial charge in [0, 0.05) is 48.3 Å². The van der Waals surface area contributed by atoms with E-state index < -0.39 is 27.0 Å². The van der Waals surface area contributed by atoms with Gasteiger partial charge < -0.3 is 19.7 Å². The van der Waals surface area contributed by atoms with Crippen LogP contribution in [-0.4, -0.2) is 50.0 Å². The van der Waals surface area contributed by atoms with Crippen molar-refractivity contribution in [2.24, 2.45) is 0 Å². The maximum absolute atomic E-state index is 13.3. The summed E-state index contributed by atoms with van der Waals surface area (Å²) >= 11 is 0. The van der Waals surface area contributed by atoms with Crippen LogP contribution in [0.2, 0.25) is 0 Å². The molecule has 1 saturated heterocycles. The minimum absolute atomic E-state index is 0.249. The highest BCUT2D eigenvalue weighted by Gasteiger charge is 2.34. The number of nitrogens with one attached hydrogen (secondary N) is 1. The van der Waals surface area contributed by atoms with Crippen LogP contribution in [0.3, 0.4) is 0 Å². The standard InChI is InChI=1S/C24H21F3N4O4S/c25-24(26,27)35-21-3-1-2-4-22(21)36(32,33)31-10-9-17-16-28-23(15-20(17)31)29-18-5-7-19(8-6-18)30-11-13-34-14-12-30/h1-10,15-16H,11-14H2,(H,28,29). The average molecular weight is 519 g/mol. The summed E-state index contributed by atoms with van der Waals surface area (Å²) in [5.41, 5.74) is 2.05. The number of nitrogens with zero attached hydrogens (tertiary/aromatic N) is 3. The van der Waals surface area contributed by atoms with Crippen LogP contribution in [0.4, 0.5) is 30.4 Å². The molecule has 4 aromatic rings. The molecule has 0 saturated carbocycles. The van der Waals surface area contributed by atoms with Crippen molar-refractivity contribution in [1.82, 2.24) is 8.96 Å². The number of anilines is 3. The van der Waals surface area contributed by atoms with Crippen molar-refractivity contribution >= 4 is 38.1 Å². The van der Waals surface area contributed by atoms with E-state index in [4.69, 9.17) is 4.74 Å². The van der Waals surface area contributed by atoms with Crippen LogP contribution in [-0.2, 0) is 14.8 Å². The molecule has 1 aliphatic rings. The van der Waals surface area contributed by atoms with Crippen LogP contribution >= 0.6 is 0 Å². The molecule has 1 fully saturated rings. The van der Waals surface area contributed by atoms with Gasteiger partial charge in [0.05, 0.1) is 18.7 Å². The van der Waals surface area contributed by atoms with Crippen molar-refractivity contribution in [3.05, 3.63) is 73.1 Å². The molecular formula is C24H21F3N4O4S. The fourth-order valence-electron chi connectivity index (χ4n) is 3.98. The van der Waals surface area contributed by atoms with Gasteiger partial charge in [-0.05, 0) is 42.5 Å². The molecule has 8 nitrogen and oxygen atoms in total. The number of pyridine rings is 1. The van der Waals surface area contributed by atoms with Crippen LogP contribution in [0.1, 0.15) is 0 Å². The van der Waals surface area contributed by atoms with E-state index in [9.17, 15) is 21.6 Å². The van der Waals surface area contributed by atoms with Gasteiger partial charge in [-0.3, -0.25) is 0 Å². The maximum Gasteiger partial charge on any atom is 0.573 e. The minimum atomic E-state index is -5.04. The molecule has 2 aromatic heterocycles. The zero-order chi connectivity index (χ0) is 25.3. The Labute approximate surface area is 204 Å². The van der Waals surface area contributed by atoms with Gasteiger partial charge in [-0.1, -0.05) is 12.1 Å². The number of alkyl halides is 3. The highest BCUT2D eigenvalue weighted by Crippen LogP contribution is 2.33. The number of para-hydroxylation sites is 1. The van der Waals surface area contributed by atoms with Crippen molar-refractivity contribution in [3.63, 3.8) is 0 Å². The summed E-state index contributed by atoms with van der Waals surface area (Å²) in [6.45, 7) is 2.99. The molecule has 0 amide bonds. The summed E-state index contributed by atoms with van der Waals surface area (Å²) in [5.74, 6) is -0.434. The van der Waals surface area contributed by atoms with Crippen molar-refractivity contribution in [2.75, 3.05) is 36.5 Å². The van der Waals surface area contributed by atoms with Gasteiger partial charge in [-0.25, -0.2) is 17.4 Å². The molecule has 3 heterocycles. The smallest absolute Gasteiger partial charge is 0.404 e. The van der Waals surface area contributed by atoms with Gasteiger partial charge in [0.1, 0.15) is 16.5 Å². The van der Waals surface area contributed by atoms with E-state index in [-0.39, 0.29) is 5.52 Å². The zero-order valence-electron chi connectivity index (χ0n) is 18.8. The lowest BCUT2D eigenvalue weighted by molar-refractivity contribution is -0.275. The number of aromatic nitrogens is 2. The second kappa shape index (κ2) is 9.36. The van der Waals surface area contributed by atoms with Crippen molar-refractivity contribution < 1.29 is 31.1 Å². The van der Waals surface area contributed by atoms with E-state index in [1.807, 2.05) is 24.3 Å². The number of rotatable bonds is 6. The molecule has 2 aromatic carbocycles. The summed E-state index contributed by atoms with van der Waals surface area (Å²) in [6, 6.07) is 15.4. The molecule has 12 heteroatoms. The highest BCUT2D eigenvalue weighted by atomic mass is 32.2. The summed E-state index contributed by atoms with van der Waals surface area (Å²) in [5, 5.41) is 3.64. The third-order valence-electron chi connectivity index (χ3n) is 5.67. The van der Waals surface area contributed by atoms with E-state index in [2.05, 4.69) is 19.9 Å². The first kappa shape index (κ1) is 23.9. The van der Waals surface area contributed by atoms with Gasteiger partial charge in [0.15, 0.2) is 0 Å². The summed E-state index contributed by atoms with van der Waals surface area (Å²) in [7, 11) is -4.41. The van der Waals surface area contributed by atoms with E-state index in [0.29, 0.717) is 24.4 Å². The lowest BCUT2D eigenvalue weighted by Gasteiger charge is -2.28. The van der Waals surface area contributed by atoms with Gasteiger partial charge in [-0.2, -0.15) is 0 Å². The fourth-order valence-corrected chi connectivity index (χ4v) is 5.45. The predicted octanol–water partition coefficient (Wildman–Crippen LogP) is 4.75. The Morgan fingerprint density at radius 3 is 2.44 bits per heavy atom. The molecule has 0 radical (unpaired) electrons. The van der Waals surface area contributed by atoms with E-state index in [1.54, 1.807) is 0 Å². The molecule has 0 atom stereocenters. The molecule has 1 aliphatic heterocycles. The van der Waals surface area contributed by atoms with Crippen molar-refractivity contribution in [1.29, 1.82) is 0 Å².